The summed E-state index contributed by atoms with van der Waals surface area (Å²) in [5.74, 6) is -2.83. The van der Waals surface area contributed by atoms with Gasteiger partial charge in [-0.05, 0) is 12.1 Å². The summed E-state index contributed by atoms with van der Waals surface area (Å²) in [6.07, 6.45) is 0. The van der Waals surface area contributed by atoms with Crippen LogP contribution in [-0.2, 0) is 4.79 Å². The molecular weight excluding hydrogens is 243 g/mol. The van der Waals surface area contributed by atoms with Crippen LogP contribution in [0, 0.1) is 17.1 Å². The molecule has 1 rings (SSSR count). The normalized spacial score (nSPS) is 9.33. The lowest BCUT2D eigenvalue weighted by atomic mass is 10.2. The highest BCUT2D eigenvalue weighted by Crippen LogP contribution is 2.16. The minimum atomic E-state index is -1.38. The van der Waals surface area contributed by atoms with Crippen molar-refractivity contribution < 1.29 is 23.8 Å². The Morgan fingerprint density at radius 2 is 2.22 bits per heavy atom. The number of carboxylic acid groups (broad SMARTS) is 1. The number of ether oxygens (including phenoxy) is 1. The molecule has 0 aliphatic carbocycles. The van der Waals surface area contributed by atoms with Crippen LogP contribution in [0.5, 0.6) is 5.75 Å². The van der Waals surface area contributed by atoms with E-state index < -0.39 is 23.3 Å². The summed E-state index contributed by atoms with van der Waals surface area (Å²) in [4.78, 5) is 21.6. The van der Waals surface area contributed by atoms with Crippen LogP contribution in [0.25, 0.3) is 0 Å². The number of halogens is 1. The van der Waals surface area contributed by atoms with Gasteiger partial charge in [-0.2, -0.15) is 5.26 Å². The highest BCUT2D eigenvalue weighted by molar-refractivity contribution is 5.88. The molecular formula is C11H9FN2O4. The van der Waals surface area contributed by atoms with Crippen molar-refractivity contribution in [1.82, 2.24) is 5.32 Å². The summed E-state index contributed by atoms with van der Waals surface area (Å²) in [5, 5.41) is 19.0. The molecule has 2 N–H and O–H groups in total. The Morgan fingerprint density at radius 1 is 1.50 bits per heavy atom. The van der Waals surface area contributed by atoms with Crippen LogP contribution in [0.15, 0.2) is 18.2 Å². The number of nitrogens with zero attached hydrogens (tertiary/aromatic N) is 1. The molecule has 0 saturated carbocycles. The van der Waals surface area contributed by atoms with Crippen molar-refractivity contribution in [2.75, 3.05) is 13.2 Å². The van der Waals surface area contributed by atoms with Gasteiger partial charge in [0.2, 0.25) is 0 Å². The fourth-order valence-electron chi connectivity index (χ4n) is 1.10. The van der Waals surface area contributed by atoms with Gasteiger partial charge in [0.15, 0.2) is 6.61 Å². The Morgan fingerprint density at radius 3 is 2.78 bits per heavy atom. The Balaban J connectivity index is 2.59. The molecule has 94 valence electrons. The number of carboxylic acids is 1. The first-order valence-electron chi connectivity index (χ1n) is 4.84. The van der Waals surface area contributed by atoms with Gasteiger partial charge in [0.25, 0.3) is 5.91 Å². The van der Waals surface area contributed by atoms with Crippen molar-refractivity contribution in [3.63, 3.8) is 0 Å². The number of amides is 1. The third-order valence-electron chi connectivity index (χ3n) is 1.91. The lowest BCUT2D eigenvalue weighted by Crippen LogP contribution is -2.29. The standard InChI is InChI=1S/C11H9FN2O4/c12-9-5-7(1-2-8(9)11(16)17)18-6-10(15)14-4-3-13/h1-2,5H,4,6H2,(H,14,15)(H,16,17). The molecule has 0 heterocycles. The molecule has 0 atom stereocenters. The van der Waals surface area contributed by atoms with Crippen molar-refractivity contribution in [3.05, 3.63) is 29.6 Å². The predicted octanol–water partition coefficient (Wildman–Crippen LogP) is 0.542. The van der Waals surface area contributed by atoms with E-state index in [2.05, 4.69) is 5.32 Å². The Bertz CT molecular complexity index is 510. The van der Waals surface area contributed by atoms with E-state index in [4.69, 9.17) is 15.1 Å². The van der Waals surface area contributed by atoms with Crippen molar-refractivity contribution in [2.45, 2.75) is 0 Å². The van der Waals surface area contributed by atoms with Gasteiger partial charge in [-0.25, -0.2) is 9.18 Å². The summed E-state index contributed by atoms with van der Waals surface area (Å²) in [7, 11) is 0. The topological polar surface area (TPSA) is 99.4 Å². The summed E-state index contributed by atoms with van der Waals surface area (Å²) < 4.78 is 18.1. The fourth-order valence-corrected chi connectivity index (χ4v) is 1.10. The number of rotatable bonds is 5. The minimum absolute atomic E-state index is 0.0320. The second-order valence-corrected chi connectivity index (χ2v) is 3.17. The smallest absolute Gasteiger partial charge is 0.338 e. The first-order chi connectivity index (χ1) is 8.54. The summed E-state index contributed by atoms with van der Waals surface area (Å²) in [5.41, 5.74) is -0.476. The van der Waals surface area contributed by atoms with E-state index in [9.17, 15) is 14.0 Å². The van der Waals surface area contributed by atoms with Gasteiger partial charge in [-0.3, -0.25) is 4.79 Å². The van der Waals surface area contributed by atoms with Crippen molar-refractivity contribution >= 4 is 11.9 Å². The molecule has 7 heteroatoms. The number of nitriles is 1. The zero-order valence-electron chi connectivity index (χ0n) is 9.14. The second kappa shape index (κ2) is 6.20. The quantitative estimate of drug-likeness (QED) is 0.745. The molecule has 0 aromatic heterocycles. The van der Waals surface area contributed by atoms with E-state index in [-0.39, 0.29) is 18.9 Å². The molecule has 0 radical (unpaired) electrons. The Labute approximate surface area is 102 Å². The fraction of sp³-hybridized carbons (Fsp3) is 0.182. The number of aromatic carboxylic acids is 1. The summed E-state index contributed by atoms with van der Waals surface area (Å²) in [6, 6.07) is 4.87. The molecule has 0 aliphatic heterocycles. The van der Waals surface area contributed by atoms with E-state index in [1.165, 1.54) is 6.07 Å². The maximum Gasteiger partial charge on any atom is 0.338 e. The second-order valence-electron chi connectivity index (χ2n) is 3.17. The number of hydrogen-bond acceptors (Lipinski definition) is 4. The van der Waals surface area contributed by atoms with E-state index >= 15 is 0 Å². The molecule has 0 bridgehead atoms. The lowest BCUT2D eigenvalue weighted by Gasteiger charge is -2.06. The number of hydrogen-bond donors (Lipinski definition) is 2. The van der Waals surface area contributed by atoms with Crippen molar-refractivity contribution in [2.24, 2.45) is 0 Å². The molecule has 0 unspecified atom stereocenters. The van der Waals surface area contributed by atoms with E-state index in [0.717, 1.165) is 12.1 Å². The van der Waals surface area contributed by atoms with E-state index in [1.54, 1.807) is 6.07 Å². The average molecular weight is 252 g/mol. The zero-order chi connectivity index (χ0) is 13.5. The molecule has 0 aliphatic rings. The minimum Gasteiger partial charge on any atom is -0.484 e. The molecule has 0 fully saturated rings. The molecule has 1 aromatic rings. The molecule has 0 saturated heterocycles. The van der Waals surface area contributed by atoms with Crippen LogP contribution >= 0.6 is 0 Å². The average Bonchev–Trinajstić information content (AvgIpc) is 2.33. The first kappa shape index (κ1) is 13.4. The summed E-state index contributed by atoms with van der Waals surface area (Å²) in [6.45, 7) is -0.526. The van der Waals surface area contributed by atoms with Crippen LogP contribution in [0.1, 0.15) is 10.4 Å². The molecule has 6 nitrogen and oxygen atoms in total. The Hall–Kier alpha value is -2.62. The Kier molecular flexibility index (Phi) is 4.63. The monoisotopic (exact) mass is 252 g/mol. The van der Waals surface area contributed by atoms with Crippen LogP contribution < -0.4 is 10.1 Å². The van der Waals surface area contributed by atoms with Crippen LogP contribution in [-0.4, -0.2) is 30.1 Å². The van der Waals surface area contributed by atoms with Gasteiger partial charge in [0.05, 0.1) is 11.6 Å². The van der Waals surface area contributed by atoms with Crippen molar-refractivity contribution in [3.8, 4) is 11.8 Å². The SMILES string of the molecule is N#CCNC(=O)COc1ccc(C(=O)O)c(F)c1. The molecule has 0 spiro atoms. The van der Waals surface area contributed by atoms with Gasteiger partial charge >= 0.3 is 5.97 Å². The van der Waals surface area contributed by atoms with Gasteiger partial charge in [0.1, 0.15) is 18.1 Å². The van der Waals surface area contributed by atoms with Gasteiger partial charge in [-0.15, -0.1) is 0 Å². The molecule has 18 heavy (non-hydrogen) atoms. The number of carbonyl (C=O) groups is 2. The highest BCUT2D eigenvalue weighted by Gasteiger charge is 2.11. The molecule has 1 amide bonds. The predicted molar refractivity (Wildman–Crippen MR) is 57.5 cm³/mol. The number of nitrogens with one attached hydrogen (secondary N) is 1. The maximum atomic E-state index is 13.2. The highest BCUT2D eigenvalue weighted by atomic mass is 19.1. The first-order valence-corrected chi connectivity index (χ1v) is 4.84. The van der Waals surface area contributed by atoms with Crippen LogP contribution in [0.4, 0.5) is 4.39 Å². The van der Waals surface area contributed by atoms with Crippen LogP contribution in [0.2, 0.25) is 0 Å². The summed E-state index contributed by atoms with van der Waals surface area (Å²) >= 11 is 0. The van der Waals surface area contributed by atoms with Gasteiger partial charge in [-0.1, -0.05) is 0 Å². The van der Waals surface area contributed by atoms with Gasteiger partial charge < -0.3 is 15.2 Å². The molecule has 1 aromatic carbocycles. The van der Waals surface area contributed by atoms with Gasteiger partial charge in [0, 0.05) is 6.07 Å². The van der Waals surface area contributed by atoms with Crippen LogP contribution in [0.3, 0.4) is 0 Å². The maximum absolute atomic E-state index is 13.2. The number of benzene rings is 1. The third-order valence-corrected chi connectivity index (χ3v) is 1.91. The lowest BCUT2D eigenvalue weighted by molar-refractivity contribution is -0.122. The van der Waals surface area contributed by atoms with Crippen molar-refractivity contribution in [1.29, 1.82) is 5.26 Å². The number of carbonyl (C=O) groups excluding carboxylic acids is 1. The zero-order valence-corrected chi connectivity index (χ0v) is 9.14. The van der Waals surface area contributed by atoms with E-state index in [1.807, 2.05) is 0 Å². The van der Waals surface area contributed by atoms with E-state index in [0.29, 0.717) is 0 Å². The largest absolute Gasteiger partial charge is 0.484 e. The third kappa shape index (κ3) is 3.75.